The third-order valence-corrected chi connectivity index (χ3v) is 5.50. The Morgan fingerprint density at radius 2 is 2.04 bits per heavy atom. The summed E-state index contributed by atoms with van der Waals surface area (Å²) in [6.07, 6.45) is 5.34. The molecule has 0 aromatic carbocycles. The number of aryl methyl sites for hydroxylation is 1. The number of nitrogens with one attached hydrogen (secondary N) is 1. The molecule has 1 aromatic heterocycles. The third-order valence-electron chi connectivity index (χ3n) is 5.50. The Balaban J connectivity index is 0.00000156. The predicted octanol–water partition coefficient (Wildman–Crippen LogP) is 2.19. The van der Waals surface area contributed by atoms with Crippen molar-refractivity contribution in [1.82, 2.24) is 15.2 Å². The Labute approximate surface area is 154 Å². The minimum atomic E-state index is 0. The number of pyridine rings is 1. The van der Waals surface area contributed by atoms with Crippen molar-refractivity contribution in [3.8, 4) is 0 Å². The average Bonchev–Trinajstić information content (AvgIpc) is 3.22. The number of nitrogens with zero attached hydrogens (tertiary/aromatic N) is 3. The molecule has 4 atom stereocenters. The summed E-state index contributed by atoms with van der Waals surface area (Å²) in [5.41, 5.74) is 2.31. The summed E-state index contributed by atoms with van der Waals surface area (Å²) in [6.45, 7) is 4.98. The lowest BCUT2D eigenvalue weighted by Crippen LogP contribution is -2.41. The van der Waals surface area contributed by atoms with Gasteiger partial charge in [-0.05, 0) is 31.4 Å². The van der Waals surface area contributed by atoms with Crippen LogP contribution >= 0.6 is 24.0 Å². The number of ether oxygens (including phenoxy) is 1. The zero-order valence-corrected chi connectivity index (χ0v) is 16.1. The molecular weight excluding hydrogens is 403 g/mol. The zero-order chi connectivity index (χ0) is 15.1. The molecule has 1 aromatic rings. The molecule has 2 bridgehead atoms. The first-order valence-electron chi connectivity index (χ1n) is 8.28. The first kappa shape index (κ1) is 17.0. The molecule has 4 rings (SSSR count). The predicted molar refractivity (Wildman–Crippen MR) is 101 cm³/mol. The molecule has 0 radical (unpaired) electrons. The molecule has 5 nitrogen and oxygen atoms in total. The number of aliphatic imine (C=N–C) groups is 1. The molecule has 3 aliphatic heterocycles. The highest BCUT2D eigenvalue weighted by atomic mass is 127. The van der Waals surface area contributed by atoms with Crippen molar-refractivity contribution >= 4 is 29.9 Å². The highest BCUT2D eigenvalue weighted by Gasteiger charge is 2.53. The molecular formula is C17H25IN4O. The van der Waals surface area contributed by atoms with E-state index in [4.69, 9.17) is 4.74 Å². The monoisotopic (exact) mass is 428 g/mol. The number of hydrogen-bond donors (Lipinski definition) is 1. The van der Waals surface area contributed by atoms with E-state index in [0.29, 0.717) is 24.0 Å². The van der Waals surface area contributed by atoms with Crippen LogP contribution in [0.4, 0.5) is 0 Å². The summed E-state index contributed by atoms with van der Waals surface area (Å²) in [5.74, 6) is 2.40. The fraction of sp³-hybridized carbons (Fsp3) is 0.647. The van der Waals surface area contributed by atoms with Crippen molar-refractivity contribution in [3.63, 3.8) is 0 Å². The highest BCUT2D eigenvalue weighted by molar-refractivity contribution is 14.0. The van der Waals surface area contributed by atoms with Crippen LogP contribution in [0.3, 0.4) is 0 Å². The minimum absolute atomic E-state index is 0. The largest absolute Gasteiger partial charge is 0.374 e. The third kappa shape index (κ3) is 3.07. The Morgan fingerprint density at radius 3 is 2.65 bits per heavy atom. The number of fused-ring (bicyclic) bond motifs is 5. The molecule has 6 heteroatoms. The van der Waals surface area contributed by atoms with Gasteiger partial charge in [0.05, 0.1) is 24.4 Å². The SMILES string of the molecule is CN=C(NCc1ncccc1C)N1CC2C3CCC(O3)C2C1.I. The minimum Gasteiger partial charge on any atom is -0.374 e. The second-order valence-electron chi connectivity index (χ2n) is 6.69. The number of aromatic nitrogens is 1. The Hall–Kier alpha value is -0.890. The average molecular weight is 428 g/mol. The number of guanidine groups is 1. The van der Waals surface area contributed by atoms with Crippen LogP contribution in [-0.2, 0) is 11.3 Å². The molecule has 23 heavy (non-hydrogen) atoms. The van der Waals surface area contributed by atoms with Gasteiger partial charge in [-0.15, -0.1) is 24.0 Å². The van der Waals surface area contributed by atoms with Crippen LogP contribution in [0.2, 0.25) is 0 Å². The Morgan fingerprint density at radius 1 is 1.35 bits per heavy atom. The molecule has 3 aliphatic rings. The quantitative estimate of drug-likeness (QED) is 0.446. The van der Waals surface area contributed by atoms with Gasteiger partial charge in [0.2, 0.25) is 0 Å². The van der Waals surface area contributed by atoms with Crippen molar-refractivity contribution in [1.29, 1.82) is 0 Å². The molecule has 126 valence electrons. The lowest BCUT2D eigenvalue weighted by molar-refractivity contribution is 0.0767. The standard InChI is InChI=1S/C17H24N4O.HI/c1-11-4-3-7-19-14(11)8-20-17(18-2)21-9-12-13(10-21)16-6-5-15(12)22-16;/h3-4,7,12-13,15-16H,5-6,8-10H2,1-2H3,(H,18,20);1H. The van der Waals surface area contributed by atoms with Crippen LogP contribution < -0.4 is 5.32 Å². The Bertz CT molecular complexity index is 576. The van der Waals surface area contributed by atoms with Gasteiger partial charge >= 0.3 is 0 Å². The van der Waals surface area contributed by atoms with Gasteiger partial charge in [0.25, 0.3) is 0 Å². The summed E-state index contributed by atoms with van der Waals surface area (Å²) in [5, 5.41) is 3.48. The van der Waals surface area contributed by atoms with E-state index in [-0.39, 0.29) is 24.0 Å². The maximum atomic E-state index is 6.05. The van der Waals surface area contributed by atoms with Gasteiger partial charge in [-0.1, -0.05) is 6.07 Å². The molecule has 1 N–H and O–H groups in total. The molecule has 0 amide bonds. The van der Waals surface area contributed by atoms with Crippen molar-refractivity contribution in [2.24, 2.45) is 16.8 Å². The van der Waals surface area contributed by atoms with E-state index >= 15 is 0 Å². The van der Waals surface area contributed by atoms with Crippen molar-refractivity contribution in [2.45, 2.75) is 38.5 Å². The second-order valence-corrected chi connectivity index (χ2v) is 6.69. The zero-order valence-electron chi connectivity index (χ0n) is 13.7. The normalized spacial score (nSPS) is 31.9. The van der Waals surface area contributed by atoms with Crippen LogP contribution in [-0.4, -0.2) is 48.2 Å². The van der Waals surface area contributed by atoms with E-state index in [2.05, 4.69) is 33.2 Å². The lowest BCUT2D eigenvalue weighted by atomic mass is 9.82. The summed E-state index contributed by atoms with van der Waals surface area (Å²) in [6, 6.07) is 4.08. The van der Waals surface area contributed by atoms with Crippen molar-refractivity contribution in [2.75, 3.05) is 20.1 Å². The lowest BCUT2D eigenvalue weighted by Gasteiger charge is -2.23. The number of rotatable bonds is 2. The van der Waals surface area contributed by atoms with Gasteiger partial charge < -0.3 is 15.0 Å². The van der Waals surface area contributed by atoms with E-state index in [0.717, 1.165) is 31.3 Å². The van der Waals surface area contributed by atoms with Crippen LogP contribution in [0.5, 0.6) is 0 Å². The first-order valence-corrected chi connectivity index (χ1v) is 8.28. The van der Waals surface area contributed by atoms with Crippen LogP contribution in [0.25, 0.3) is 0 Å². The van der Waals surface area contributed by atoms with Crippen LogP contribution in [0, 0.1) is 18.8 Å². The number of likely N-dealkylation sites (tertiary alicyclic amines) is 1. The molecule has 4 heterocycles. The molecule has 3 saturated heterocycles. The maximum absolute atomic E-state index is 6.05. The van der Waals surface area contributed by atoms with E-state index < -0.39 is 0 Å². The van der Waals surface area contributed by atoms with Gasteiger partial charge in [0, 0.05) is 38.2 Å². The van der Waals surface area contributed by atoms with E-state index in [9.17, 15) is 0 Å². The number of hydrogen-bond acceptors (Lipinski definition) is 3. The molecule has 0 saturated carbocycles. The smallest absolute Gasteiger partial charge is 0.193 e. The second kappa shape index (κ2) is 6.93. The summed E-state index contributed by atoms with van der Waals surface area (Å²) in [4.78, 5) is 11.3. The van der Waals surface area contributed by atoms with Gasteiger partial charge in [-0.25, -0.2) is 0 Å². The van der Waals surface area contributed by atoms with Gasteiger partial charge in [0.15, 0.2) is 5.96 Å². The molecule has 3 fully saturated rings. The summed E-state index contributed by atoms with van der Waals surface area (Å²) in [7, 11) is 1.87. The van der Waals surface area contributed by atoms with E-state index in [1.165, 1.54) is 18.4 Å². The van der Waals surface area contributed by atoms with Crippen LogP contribution in [0.1, 0.15) is 24.1 Å². The fourth-order valence-electron chi connectivity index (χ4n) is 4.33. The molecule has 0 aliphatic carbocycles. The van der Waals surface area contributed by atoms with Gasteiger partial charge in [-0.3, -0.25) is 9.98 Å². The number of halogens is 1. The van der Waals surface area contributed by atoms with Crippen molar-refractivity contribution < 1.29 is 4.74 Å². The van der Waals surface area contributed by atoms with Crippen LogP contribution in [0.15, 0.2) is 23.3 Å². The highest BCUT2D eigenvalue weighted by Crippen LogP contribution is 2.47. The summed E-state index contributed by atoms with van der Waals surface area (Å²) < 4.78 is 6.05. The topological polar surface area (TPSA) is 49.8 Å². The van der Waals surface area contributed by atoms with Gasteiger partial charge in [-0.2, -0.15) is 0 Å². The summed E-state index contributed by atoms with van der Waals surface area (Å²) >= 11 is 0. The first-order chi connectivity index (χ1) is 10.8. The van der Waals surface area contributed by atoms with Gasteiger partial charge in [0.1, 0.15) is 0 Å². The maximum Gasteiger partial charge on any atom is 0.193 e. The molecule has 0 spiro atoms. The van der Waals surface area contributed by atoms with E-state index in [1.54, 1.807) is 0 Å². The Kier molecular flexibility index (Phi) is 5.10. The fourth-order valence-corrected chi connectivity index (χ4v) is 4.33. The van der Waals surface area contributed by atoms with E-state index in [1.807, 2.05) is 19.3 Å². The van der Waals surface area contributed by atoms with Crippen molar-refractivity contribution in [3.05, 3.63) is 29.6 Å². The molecule has 4 unspecified atom stereocenters.